The molecule has 0 aliphatic carbocycles. The summed E-state index contributed by atoms with van der Waals surface area (Å²) in [6.07, 6.45) is 1.48. The van der Waals surface area contributed by atoms with Crippen LogP contribution < -0.4 is 10.1 Å². The smallest absolute Gasteiger partial charge is 0.233 e. The van der Waals surface area contributed by atoms with Crippen molar-refractivity contribution in [2.24, 2.45) is 5.92 Å². The van der Waals surface area contributed by atoms with Gasteiger partial charge in [-0.05, 0) is 28.8 Å². The molecule has 0 amide bonds. The highest BCUT2D eigenvalue weighted by Gasteiger charge is 2.08. The van der Waals surface area contributed by atoms with Crippen LogP contribution in [0.4, 0.5) is 5.82 Å². The molecule has 0 atom stereocenters. The van der Waals surface area contributed by atoms with E-state index in [9.17, 15) is 0 Å². The molecule has 0 saturated heterocycles. The predicted molar refractivity (Wildman–Crippen MR) is 75.0 cm³/mol. The van der Waals surface area contributed by atoms with Crippen LogP contribution >= 0.6 is 15.9 Å². The normalized spacial score (nSPS) is 10.7. The Kier molecular flexibility index (Phi) is 6.97. The summed E-state index contributed by atoms with van der Waals surface area (Å²) in [5, 5.41) is 3.12. The first-order valence-corrected chi connectivity index (χ1v) is 6.89. The van der Waals surface area contributed by atoms with Crippen LogP contribution in [0.3, 0.4) is 0 Å². The zero-order valence-electron chi connectivity index (χ0n) is 11.1. The highest BCUT2D eigenvalue weighted by molar-refractivity contribution is 9.10. The monoisotopic (exact) mass is 317 g/mol. The summed E-state index contributed by atoms with van der Waals surface area (Å²) in [6, 6.07) is 0. The van der Waals surface area contributed by atoms with Crippen LogP contribution in [0.25, 0.3) is 0 Å². The third-order valence-corrected chi connectivity index (χ3v) is 2.73. The predicted octanol–water partition coefficient (Wildman–Crippen LogP) is 2.72. The SMILES string of the molecule is CCNc1ncnc(OCCOCC(C)C)c1Br. The van der Waals surface area contributed by atoms with Gasteiger partial charge in [0.2, 0.25) is 5.88 Å². The molecular weight excluding hydrogens is 298 g/mol. The lowest BCUT2D eigenvalue weighted by Crippen LogP contribution is -2.11. The maximum Gasteiger partial charge on any atom is 0.233 e. The minimum atomic E-state index is 0.480. The maximum absolute atomic E-state index is 5.54. The highest BCUT2D eigenvalue weighted by Crippen LogP contribution is 2.27. The average molecular weight is 318 g/mol. The largest absolute Gasteiger partial charge is 0.474 e. The molecule has 1 aromatic rings. The van der Waals surface area contributed by atoms with Gasteiger partial charge < -0.3 is 14.8 Å². The van der Waals surface area contributed by atoms with E-state index in [1.165, 1.54) is 6.33 Å². The van der Waals surface area contributed by atoms with Gasteiger partial charge in [0.05, 0.1) is 6.61 Å². The zero-order valence-corrected chi connectivity index (χ0v) is 12.7. The first-order chi connectivity index (χ1) is 8.65. The topological polar surface area (TPSA) is 56.3 Å². The van der Waals surface area contributed by atoms with Gasteiger partial charge in [-0.15, -0.1) is 0 Å². The zero-order chi connectivity index (χ0) is 13.4. The van der Waals surface area contributed by atoms with Crippen LogP contribution in [0, 0.1) is 5.92 Å². The van der Waals surface area contributed by atoms with Crippen LogP contribution in [0.2, 0.25) is 0 Å². The molecule has 0 aliphatic rings. The number of anilines is 1. The van der Waals surface area contributed by atoms with Crippen LogP contribution in [0.1, 0.15) is 20.8 Å². The van der Waals surface area contributed by atoms with Gasteiger partial charge >= 0.3 is 0 Å². The van der Waals surface area contributed by atoms with Gasteiger partial charge in [0.15, 0.2) is 0 Å². The molecule has 1 rings (SSSR count). The van der Waals surface area contributed by atoms with E-state index in [0.717, 1.165) is 23.4 Å². The van der Waals surface area contributed by atoms with Gasteiger partial charge in [0.1, 0.15) is 23.2 Å². The molecule has 0 unspecified atom stereocenters. The standard InChI is InChI=1S/C12H20BrN3O2/c1-4-14-11-10(13)12(16-8-15-11)18-6-5-17-7-9(2)3/h8-9H,4-7H2,1-3H3,(H,14,15,16). The van der Waals surface area contributed by atoms with E-state index in [-0.39, 0.29) is 0 Å². The number of aromatic nitrogens is 2. The first kappa shape index (κ1) is 15.2. The van der Waals surface area contributed by atoms with Crippen LogP contribution in [-0.2, 0) is 4.74 Å². The van der Waals surface area contributed by atoms with E-state index < -0.39 is 0 Å². The molecule has 0 radical (unpaired) electrons. The van der Waals surface area contributed by atoms with Gasteiger partial charge in [0, 0.05) is 13.2 Å². The minimum Gasteiger partial charge on any atom is -0.474 e. The van der Waals surface area contributed by atoms with Gasteiger partial charge in [-0.2, -0.15) is 0 Å². The van der Waals surface area contributed by atoms with E-state index in [1.54, 1.807) is 0 Å². The van der Waals surface area contributed by atoms with Crippen LogP contribution in [0.15, 0.2) is 10.8 Å². The molecule has 0 bridgehead atoms. The Labute approximate surface area is 116 Å². The highest BCUT2D eigenvalue weighted by atomic mass is 79.9. The third-order valence-electron chi connectivity index (χ3n) is 2.02. The summed E-state index contributed by atoms with van der Waals surface area (Å²) in [5.41, 5.74) is 0. The lowest BCUT2D eigenvalue weighted by molar-refractivity contribution is 0.0804. The Morgan fingerprint density at radius 3 is 2.78 bits per heavy atom. The molecule has 5 nitrogen and oxygen atoms in total. The van der Waals surface area contributed by atoms with Crippen molar-refractivity contribution in [3.8, 4) is 5.88 Å². The fourth-order valence-electron chi connectivity index (χ4n) is 1.26. The Hall–Kier alpha value is -0.880. The van der Waals surface area contributed by atoms with E-state index in [1.807, 2.05) is 6.92 Å². The summed E-state index contributed by atoms with van der Waals surface area (Å²) in [6.45, 7) is 8.83. The van der Waals surface area contributed by atoms with Gasteiger partial charge in [-0.1, -0.05) is 13.8 Å². The van der Waals surface area contributed by atoms with Crippen molar-refractivity contribution in [3.05, 3.63) is 10.8 Å². The van der Waals surface area contributed by atoms with Crippen LogP contribution in [0.5, 0.6) is 5.88 Å². The quantitative estimate of drug-likeness (QED) is 0.747. The van der Waals surface area contributed by atoms with Crippen molar-refractivity contribution in [2.75, 3.05) is 31.7 Å². The molecule has 18 heavy (non-hydrogen) atoms. The van der Waals surface area contributed by atoms with Crippen molar-refractivity contribution in [1.82, 2.24) is 9.97 Å². The number of halogens is 1. The molecule has 0 aliphatic heterocycles. The Bertz CT molecular complexity index is 361. The number of rotatable bonds is 8. The second-order valence-electron chi connectivity index (χ2n) is 4.19. The molecule has 0 fully saturated rings. The lowest BCUT2D eigenvalue weighted by Gasteiger charge is -2.11. The first-order valence-electron chi connectivity index (χ1n) is 6.10. The molecule has 0 spiro atoms. The molecule has 6 heteroatoms. The molecule has 0 aromatic carbocycles. The summed E-state index contributed by atoms with van der Waals surface area (Å²) < 4.78 is 11.7. The molecule has 0 saturated carbocycles. The van der Waals surface area contributed by atoms with Crippen molar-refractivity contribution >= 4 is 21.7 Å². The second kappa shape index (κ2) is 8.26. The Morgan fingerprint density at radius 1 is 1.33 bits per heavy atom. The second-order valence-corrected chi connectivity index (χ2v) is 4.98. The van der Waals surface area contributed by atoms with Gasteiger partial charge in [-0.3, -0.25) is 0 Å². The third kappa shape index (κ3) is 5.18. The number of hydrogen-bond acceptors (Lipinski definition) is 5. The van der Waals surface area contributed by atoms with E-state index in [0.29, 0.717) is 25.0 Å². The van der Waals surface area contributed by atoms with E-state index >= 15 is 0 Å². The van der Waals surface area contributed by atoms with Gasteiger partial charge in [-0.25, -0.2) is 9.97 Å². The van der Waals surface area contributed by atoms with Crippen molar-refractivity contribution in [2.45, 2.75) is 20.8 Å². The van der Waals surface area contributed by atoms with Crippen molar-refractivity contribution < 1.29 is 9.47 Å². The summed E-state index contributed by atoms with van der Waals surface area (Å²) in [4.78, 5) is 8.19. The number of nitrogens with one attached hydrogen (secondary N) is 1. The van der Waals surface area contributed by atoms with Crippen LogP contribution in [-0.4, -0.2) is 36.3 Å². The minimum absolute atomic E-state index is 0.480. The molecule has 1 N–H and O–H groups in total. The molecule has 1 aromatic heterocycles. The fraction of sp³-hybridized carbons (Fsp3) is 0.667. The maximum atomic E-state index is 5.54. The fourth-order valence-corrected chi connectivity index (χ4v) is 1.72. The summed E-state index contributed by atoms with van der Waals surface area (Å²) in [7, 11) is 0. The molecular formula is C12H20BrN3O2. The van der Waals surface area contributed by atoms with E-state index in [2.05, 4.69) is 45.1 Å². The average Bonchev–Trinajstić information content (AvgIpc) is 2.33. The molecule has 1 heterocycles. The Balaban J connectivity index is 2.40. The van der Waals surface area contributed by atoms with Crippen molar-refractivity contribution in [1.29, 1.82) is 0 Å². The number of nitrogens with zero attached hydrogens (tertiary/aromatic N) is 2. The number of ether oxygens (including phenoxy) is 2. The number of hydrogen-bond donors (Lipinski definition) is 1. The molecule has 102 valence electrons. The Morgan fingerprint density at radius 2 is 2.11 bits per heavy atom. The van der Waals surface area contributed by atoms with Gasteiger partial charge in [0.25, 0.3) is 0 Å². The summed E-state index contributed by atoms with van der Waals surface area (Å²) >= 11 is 3.42. The lowest BCUT2D eigenvalue weighted by atomic mass is 10.2. The summed E-state index contributed by atoms with van der Waals surface area (Å²) in [5.74, 6) is 1.82. The van der Waals surface area contributed by atoms with Crippen molar-refractivity contribution in [3.63, 3.8) is 0 Å². The van der Waals surface area contributed by atoms with E-state index in [4.69, 9.17) is 9.47 Å².